The molecular weight excluding hydrogens is 430 g/mol. The van der Waals surface area contributed by atoms with Crippen molar-refractivity contribution in [3.8, 4) is 29.2 Å². The summed E-state index contributed by atoms with van der Waals surface area (Å²) < 4.78 is 11.0. The average molecular weight is 456 g/mol. The number of carboxylic acids is 1. The van der Waals surface area contributed by atoms with Gasteiger partial charge in [-0.1, -0.05) is 66.6 Å². The summed E-state index contributed by atoms with van der Waals surface area (Å²) >= 11 is 0. The van der Waals surface area contributed by atoms with E-state index in [0.29, 0.717) is 5.75 Å². The topological polar surface area (TPSA) is 76.1 Å². The first-order valence-corrected chi connectivity index (χ1v) is 11.0. The average Bonchev–Trinajstić information content (AvgIpc) is 3.18. The van der Waals surface area contributed by atoms with E-state index in [2.05, 4.69) is 18.1 Å². The molecule has 0 aliphatic heterocycles. The molecule has 1 aliphatic rings. The Morgan fingerprint density at radius 2 is 1.59 bits per heavy atom. The van der Waals surface area contributed by atoms with Crippen molar-refractivity contribution in [3.05, 3.63) is 89.5 Å². The van der Waals surface area contributed by atoms with Crippen LogP contribution in [-0.2, 0) is 16.0 Å². The highest BCUT2D eigenvalue weighted by atomic mass is 16.6. The number of rotatable bonds is 8. The van der Waals surface area contributed by atoms with Crippen molar-refractivity contribution in [2.24, 2.45) is 0 Å². The van der Waals surface area contributed by atoms with E-state index in [9.17, 15) is 14.7 Å². The van der Waals surface area contributed by atoms with E-state index in [0.717, 1.165) is 32.7 Å². The molecule has 0 saturated heterocycles. The smallest absolute Gasteiger partial charge is 0.410 e. The number of aliphatic carboxylic acids is 1. The molecule has 4 rings (SSSR count). The molecule has 1 N–H and O–H groups in total. The molecule has 0 heterocycles. The number of ether oxygens (including phenoxy) is 2. The van der Waals surface area contributed by atoms with Gasteiger partial charge in [-0.15, -0.1) is 6.42 Å². The maximum absolute atomic E-state index is 12.8. The number of likely N-dealkylation sites (N-methyl/N-ethyl adjacent to an activating group) is 1. The standard InChI is InChI=1S/C28H25NO5/c1-3-16-33-20-14-12-19(13-15-20)17-26(27(30)31)29(2)28(32)34-18-25-23-10-6-4-8-21(23)22-9-5-7-11-24(22)25/h1,4-15,25-26H,16-18H2,2H3,(H,30,31)/t26-/m0/s1. The molecule has 1 atom stereocenters. The minimum atomic E-state index is -1.11. The molecule has 34 heavy (non-hydrogen) atoms. The van der Waals surface area contributed by atoms with Crippen molar-refractivity contribution in [2.45, 2.75) is 18.4 Å². The van der Waals surface area contributed by atoms with Gasteiger partial charge in [-0.3, -0.25) is 4.90 Å². The zero-order valence-corrected chi connectivity index (χ0v) is 18.8. The lowest BCUT2D eigenvalue weighted by molar-refractivity contribution is -0.142. The number of benzene rings is 3. The van der Waals surface area contributed by atoms with Crippen LogP contribution in [0.25, 0.3) is 11.1 Å². The minimum Gasteiger partial charge on any atom is -0.481 e. The Morgan fingerprint density at radius 3 is 2.15 bits per heavy atom. The Balaban J connectivity index is 1.43. The Morgan fingerprint density at radius 1 is 1.00 bits per heavy atom. The van der Waals surface area contributed by atoms with Crippen LogP contribution in [0.15, 0.2) is 72.8 Å². The van der Waals surface area contributed by atoms with Crippen LogP contribution in [0.4, 0.5) is 4.79 Å². The first kappa shape index (κ1) is 22.9. The maximum Gasteiger partial charge on any atom is 0.410 e. The molecule has 6 heteroatoms. The van der Waals surface area contributed by atoms with Gasteiger partial charge >= 0.3 is 12.1 Å². The summed E-state index contributed by atoms with van der Waals surface area (Å²) in [5, 5.41) is 9.77. The molecule has 0 bridgehead atoms. The lowest BCUT2D eigenvalue weighted by Gasteiger charge is -2.25. The molecule has 0 fully saturated rings. The van der Waals surface area contributed by atoms with Gasteiger partial charge in [-0.2, -0.15) is 0 Å². The Kier molecular flexibility index (Phi) is 6.84. The van der Waals surface area contributed by atoms with E-state index in [1.165, 1.54) is 7.05 Å². The van der Waals surface area contributed by atoms with E-state index in [4.69, 9.17) is 15.9 Å². The van der Waals surface area contributed by atoms with Crippen LogP contribution in [0.2, 0.25) is 0 Å². The van der Waals surface area contributed by atoms with Gasteiger partial charge in [0.15, 0.2) is 0 Å². The third-order valence-electron chi connectivity index (χ3n) is 6.05. The van der Waals surface area contributed by atoms with E-state index in [1.807, 2.05) is 36.4 Å². The molecule has 6 nitrogen and oxygen atoms in total. The molecule has 0 unspecified atom stereocenters. The lowest BCUT2D eigenvalue weighted by atomic mass is 9.98. The Labute approximate surface area is 198 Å². The summed E-state index contributed by atoms with van der Waals surface area (Å²) in [6, 6.07) is 22.0. The summed E-state index contributed by atoms with van der Waals surface area (Å²) in [6.07, 6.45) is 4.64. The summed E-state index contributed by atoms with van der Waals surface area (Å²) in [7, 11) is 1.45. The van der Waals surface area contributed by atoms with Crippen molar-refractivity contribution < 1.29 is 24.2 Å². The number of carboxylic acid groups (broad SMARTS) is 1. The summed E-state index contributed by atoms with van der Waals surface area (Å²) in [4.78, 5) is 25.9. The van der Waals surface area contributed by atoms with Gasteiger partial charge in [0.25, 0.3) is 0 Å². The van der Waals surface area contributed by atoms with E-state index >= 15 is 0 Å². The number of carbonyl (C=O) groups is 2. The van der Waals surface area contributed by atoms with Crippen molar-refractivity contribution in [3.63, 3.8) is 0 Å². The number of amides is 1. The molecule has 172 valence electrons. The lowest BCUT2D eigenvalue weighted by Crippen LogP contribution is -2.44. The van der Waals surface area contributed by atoms with Gasteiger partial charge in [0.1, 0.15) is 25.0 Å². The van der Waals surface area contributed by atoms with Gasteiger partial charge in [-0.05, 0) is 39.9 Å². The zero-order chi connectivity index (χ0) is 24.1. The van der Waals surface area contributed by atoms with E-state index < -0.39 is 18.1 Å². The van der Waals surface area contributed by atoms with Crippen molar-refractivity contribution >= 4 is 12.1 Å². The normalized spacial score (nSPS) is 12.7. The van der Waals surface area contributed by atoms with Crippen molar-refractivity contribution in [1.29, 1.82) is 0 Å². The summed E-state index contributed by atoms with van der Waals surface area (Å²) in [6.45, 7) is 0.284. The predicted molar refractivity (Wildman–Crippen MR) is 129 cm³/mol. The first-order chi connectivity index (χ1) is 16.5. The number of fused-ring (bicyclic) bond motifs is 3. The van der Waals surface area contributed by atoms with Crippen LogP contribution < -0.4 is 4.74 Å². The Bertz CT molecular complexity index is 1180. The third kappa shape index (κ3) is 4.74. The van der Waals surface area contributed by atoms with Gasteiger partial charge < -0.3 is 14.6 Å². The van der Waals surface area contributed by atoms with E-state index in [1.54, 1.807) is 24.3 Å². The highest BCUT2D eigenvalue weighted by Gasteiger charge is 2.32. The summed E-state index contributed by atoms with van der Waals surface area (Å²) in [5.74, 6) is 1.78. The van der Waals surface area contributed by atoms with Crippen LogP contribution >= 0.6 is 0 Å². The fourth-order valence-corrected chi connectivity index (χ4v) is 4.28. The minimum absolute atomic E-state index is 0.0939. The van der Waals surface area contributed by atoms with Gasteiger partial charge in [-0.25, -0.2) is 9.59 Å². The molecule has 0 radical (unpaired) electrons. The molecular formula is C28H25NO5. The molecule has 1 aliphatic carbocycles. The van der Waals surface area contributed by atoms with E-state index in [-0.39, 0.29) is 25.6 Å². The fraction of sp³-hybridized carbons (Fsp3) is 0.214. The number of hydrogen-bond donors (Lipinski definition) is 1. The predicted octanol–water partition coefficient (Wildman–Crippen LogP) is 4.58. The number of nitrogens with zero attached hydrogens (tertiary/aromatic N) is 1. The number of carbonyl (C=O) groups excluding carboxylic acids is 1. The van der Waals surface area contributed by atoms with Crippen LogP contribution in [-0.4, -0.2) is 48.4 Å². The monoisotopic (exact) mass is 455 g/mol. The SMILES string of the molecule is C#CCOc1ccc(C[C@@H](C(=O)O)N(C)C(=O)OCC2c3ccccc3-c3ccccc32)cc1. The number of terminal acetylenes is 1. The van der Waals surface area contributed by atoms with Gasteiger partial charge in [0.05, 0.1) is 0 Å². The largest absolute Gasteiger partial charge is 0.481 e. The third-order valence-corrected chi connectivity index (χ3v) is 6.05. The van der Waals surface area contributed by atoms with Gasteiger partial charge in [0.2, 0.25) is 0 Å². The molecule has 3 aromatic carbocycles. The summed E-state index contributed by atoms with van der Waals surface area (Å²) in [5.41, 5.74) is 5.21. The van der Waals surface area contributed by atoms with Crippen molar-refractivity contribution in [2.75, 3.05) is 20.3 Å². The second kappa shape index (κ2) is 10.1. The fourth-order valence-electron chi connectivity index (χ4n) is 4.28. The van der Waals surface area contributed by atoms with Crippen LogP contribution in [0.5, 0.6) is 5.75 Å². The van der Waals surface area contributed by atoms with Crippen LogP contribution in [0.1, 0.15) is 22.6 Å². The second-order valence-corrected chi connectivity index (χ2v) is 8.11. The number of hydrogen-bond acceptors (Lipinski definition) is 4. The second-order valence-electron chi connectivity index (χ2n) is 8.11. The van der Waals surface area contributed by atoms with Crippen LogP contribution in [0.3, 0.4) is 0 Å². The van der Waals surface area contributed by atoms with Crippen LogP contribution in [0, 0.1) is 12.3 Å². The maximum atomic E-state index is 12.8. The molecule has 3 aromatic rings. The molecule has 1 amide bonds. The Hall–Kier alpha value is -4.24. The quantitative estimate of drug-likeness (QED) is 0.504. The molecule has 0 spiro atoms. The molecule has 0 saturated carbocycles. The highest BCUT2D eigenvalue weighted by molar-refractivity contribution is 5.81. The molecule has 0 aromatic heterocycles. The highest BCUT2D eigenvalue weighted by Crippen LogP contribution is 2.44. The first-order valence-electron chi connectivity index (χ1n) is 11.0. The van der Waals surface area contributed by atoms with Gasteiger partial charge in [0, 0.05) is 19.4 Å². The zero-order valence-electron chi connectivity index (χ0n) is 18.8. The van der Waals surface area contributed by atoms with Crippen molar-refractivity contribution in [1.82, 2.24) is 4.90 Å².